The summed E-state index contributed by atoms with van der Waals surface area (Å²) in [7, 11) is 2.90. The van der Waals surface area contributed by atoms with E-state index >= 15 is 0 Å². The zero-order valence-electron chi connectivity index (χ0n) is 11.0. The van der Waals surface area contributed by atoms with Crippen molar-refractivity contribution in [3.63, 3.8) is 0 Å². The maximum Gasteiger partial charge on any atom is 0.215 e. The van der Waals surface area contributed by atoms with Gasteiger partial charge in [0.05, 0.1) is 25.3 Å². The number of Topliss-reactive ketones (excluding diaryl/α,β-unsaturated/α-hetero) is 2. The summed E-state index contributed by atoms with van der Waals surface area (Å²) < 4.78 is 10.4. The topological polar surface area (TPSA) is 55.6 Å². The lowest BCUT2D eigenvalue weighted by molar-refractivity contribution is 0.0961. The smallest absolute Gasteiger partial charge is 0.215 e. The van der Waals surface area contributed by atoms with Crippen molar-refractivity contribution in [3.05, 3.63) is 34.0 Å². The fourth-order valence-electron chi connectivity index (χ4n) is 2.35. The Labute approximate surface area is 120 Å². The van der Waals surface area contributed by atoms with Crippen molar-refractivity contribution in [2.24, 2.45) is 0 Å². The Kier molecular flexibility index (Phi) is 2.94. The first-order valence-corrected chi connectivity index (χ1v) is 6.47. The van der Waals surface area contributed by atoms with Gasteiger partial charge in [0.15, 0.2) is 0 Å². The Balaban J connectivity index is 2.28. The normalized spacial score (nSPS) is 17.2. The molecule has 1 aromatic carbocycles. The number of nitrogens with zero attached hydrogens (tertiary/aromatic N) is 1. The number of hydrogen-bond donors (Lipinski definition) is 0. The van der Waals surface area contributed by atoms with Crippen LogP contribution in [0.4, 0.5) is 0 Å². The fraction of sp³-hybridized carbons (Fsp3) is 0.286. The largest absolute Gasteiger partial charge is 0.496 e. The minimum atomic E-state index is -0.404. The van der Waals surface area contributed by atoms with Crippen LogP contribution in [0.1, 0.15) is 20.7 Å². The summed E-state index contributed by atoms with van der Waals surface area (Å²) in [5.41, 5.74) is 0.659. The summed E-state index contributed by atoms with van der Waals surface area (Å²) in [6.45, 7) is 1.46. The maximum absolute atomic E-state index is 12.6. The molecule has 2 aliphatic rings. The van der Waals surface area contributed by atoms with E-state index in [-0.39, 0.29) is 27.6 Å². The highest BCUT2D eigenvalue weighted by Crippen LogP contribution is 2.41. The standard InChI is InChI=1S/C14H12ClNO4/c1-19-7-3-4-8(20-2)10-9(7)13(17)11(15)12(14(10)18)16-5-6-16/h3-4H,5-6H2,1-2H3. The third kappa shape index (κ3) is 1.70. The van der Waals surface area contributed by atoms with Gasteiger partial charge in [-0.25, -0.2) is 0 Å². The molecule has 0 atom stereocenters. The third-order valence-corrected chi connectivity index (χ3v) is 3.76. The molecule has 5 nitrogen and oxygen atoms in total. The summed E-state index contributed by atoms with van der Waals surface area (Å²) in [6, 6.07) is 3.21. The number of carbonyl (C=O) groups excluding carboxylic acids is 2. The van der Waals surface area contributed by atoms with Gasteiger partial charge in [0.2, 0.25) is 11.6 Å². The number of rotatable bonds is 3. The lowest BCUT2D eigenvalue weighted by atomic mass is 9.90. The van der Waals surface area contributed by atoms with E-state index in [4.69, 9.17) is 21.1 Å². The van der Waals surface area contributed by atoms with Gasteiger partial charge >= 0.3 is 0 Å². The molecule has 104 valence electrons. The van der Waals surface area contributed by atoms with Gasteiger partial charge in [-0.1, -0.05) is 11.6 Å². The van der Waals surface area contributed by atoms with Crippen LogP contribution in [0.25, 0.3) is 0 Å². The van der Waals surface area contributed by atoms with Crippen molar-refractivity contribution in [3.8, 4) is 11.5 Å². The van der Waals surface area contributed by atoms with Gasteiger partial charge in [-0.3, -0.25) is 9.59 Å². The lowest BCUT2D eigenvalue weighted by Gasteiger charge is -2.22. The molecule has 0 amide bonds. The van der Waals surface area contributed by atoms with Crippen molar-refractivity contribution in [2.45, 2.75) is 0 Å². The molecule has 0 bridgehead atoms. The molecule has 0 unspecified atom stereocenters. The van der Waals surface area contributed by atoms with Crippen LogP contribution in [0.15, 0.2) is 22.9 Å². The summed E-state index contributed by atoms with van der Waals surface area (Å²) >= 11 is 6.09. The molecular formula is C14H12ClNO4. The first kappa shape index (κ1) is 13.0. The van der Waals surface area contributed by atoms with E-state index < -0.39 is 5.78 Å². The minimum Gasteiger partial charge on any atom is -0.496 e. The minimum absolute atomic E-state index is 0.0495. The maximum atomic E-state index is 12.6. The molecule has 0 N–H and O–H groups in total. The van der Waals surface area contributed by atoms with Gasteiger partial charge in [-0.15, -0.1) is 0 Å². The van der Waals surface area contributed by atoms with Gasteiger partial charge < -0.3 is 14.4 Å². The highest BCUT2D eigenvalue weighted by Gasteiger charge is 2.41. The van der Waals surface area contributed by atoms with Gasteiger partial charge in [0, 0.05) is 13.1 Å². The summed E-state index contributed by atoms with van der Waals surface area (Å²) in [5.74, 6) is -0.0263. The molecule has 0 aromatic heterocycles. The highest BCUT2D eigenvalue weighted by molar-refractivity contribution is 6.50. The molecule has 6 heteroatoms. The number of fused-ring (bicyclic) bond motifs is 1. The van der Waals surface area contributed by atoms with Gasteiger partial charge in [0.25, 0.3) is 0 Å². The van der Waals surface area contributed by atoms with Gasteiger partial charge in [0.1, 0.15) is 22.2 Å². The second-order valence-corrected chi connectivity index (χ2v) is 4.91. The first-order chi connectivity index (χ1) is 9.60. The second-order valence-electron chi connectivity index (χ2n) is 4.53. The number of halogens is 1. The van der Waals surface area contributed by atoms with Crippen LogP contribution < -0.4 is 9.47 Å². The van der Waals surface area contributed by atoms with E-state index in [2.05, 4.69) is 0 Å². The number of ketones is 2. The van der Waals surface area contributed by atoms with E-state index in [0.29, 0.717) is 11.5 Å². The van der Waals surface area contributed by atoms with Crippen LogP contribution in [-0.4, -0.2) is 43.8 Å². The number of hydrogen-bond acceptors (Lipinski definition) is 5. The second kappa shape index (κ2) is 4.52. The number of benzene rings is 1. The first-order valence-electron chi connectivity index (χ1n) is 6.09. The molecule has 0 spiro atoms. The molecule has 3 rings (SSSR count). The third-order valence-electron chi connectivity index (χ3n) is 3.41. The molecule has 1 aromatic rings. The Morgan fingerprint density at radius 2 is 1.50 bits per heavy atom. The highest BCUT2D eigenvalue weighted by atomic mass is 35.5. The van der Waals surface area contributed by atoms with Gasteiger partial charge in [-0.05, 0) is 12.1 Å². The van der Waals surface area contributed by atoms with E-state index in [1.807, 2.05) is 0 Å². The van der Waals surface area contributed by atoms with Crippen LogP contribution in [0.3, 0.4) is 0 Å². The number of allylic oxidation sites excluding steroid dienone is 2. The van der Waals surface area contributed by atoms with E-state index in [0.717, 1.165) is 13.1 Å². The van der Waals surface area contributed by atoms with Crippen LogP contribution in [0.5, 0.6) is 11.5 Å². The summed E-state index contributed by atoms with van der Waals surface area (Å²) in [4.78, 5) is 26.8. The molecule has 1 fully saturated rings. The molecule has 1 saturated heterocycles. The van der Waals surface area contributed by atoms with Crippen LogP contribution in [0.2, 0.25) is 0 Å². The van der Waals surface area contributed by atoms with Crippen molar-refractivity contribution in [1.82, 2.24) is 4.90 Å². The van der Waals surface area contributed by atoms with Crippen molar-refractivity contribution in [1.29, 1.82) is 0 Å². The molecule has 0 radical (unpaired) electrons. The molecular weight excluding hydrogens is 282 g/mol. The van der Waals surface area contributed by atoms with E-state index in [9.17, 15) is 9.59 Å². The number of carbonyl (C=O) groups is 2. The Hall–Kier alpha value is -2.01. The van der Waals surface area contributed by atoms with Crippen LogP contribution in [0, 0.1) is 0 Å². The molecule has 0 saturated carbocycles. The Morgan fingerprint density at radius 1 is 1.00 bits per heavy atom. The predicted octanol–water partition coefficient (Wildman–Crippen LogP) is 1.85. The van der Waals surface area contributed by atoms with E-state index in [1.54, 1.807) is 17.0 Å². The molecule has 1 aliphatic carbocycles. The Morgan fingerprint density at radius 3 is 1.95 bits per heavy atom. The average molecular weight is 294 g/mol. The zero-order valence-corrected chi connectivity index (χ0v) is 11.8. The number of methoxy groups -OCH3 is 2. The predicted molar refractivity (Wildman–Crippen MR) is 72.7 cm³/mol. The molecule has 1 aliphatic heterocycles. The van der Waals surface area contributed by atoms with Gasteiger partial charge in [-0.2, -0.15) is 0 Å². The van der Waals surface area contributed by atoms with Crippen molar-refractivity contribution in [2.75, 3.05) is 27.3 Å². The van der Waals surface area contributed by atoms with Crippen LogP contribution in [-0.2, 0) is 0 Å². The fourth-order valence-corrected chi connectivity index (χ4v) is 2.65. The SMILES string of the molecule is COc1ccc(OC)c2c1C(=O)C(Cl)=C(N1CC1)C2=O. The lowest BCUT2D eigenvalue weighted by Crippen LogP contribution is -2.25. The molecule has 20 heavy (non-hydrogen) atoms. The quantitative estimate of drug-likeness (QED) is 0.796. The molecule has 1 heterocycles. The summed E-state index contributed by atoms with van der Waals surface area (Å²) in [6.07, 6.45) is 0. The summed E-state index contributed by atoms with van der Waals surface area (Å²) in [5, 5.41) is -0.0495. The van der Waals surface area contributed by atoms with E-state index in [1.165, 1.54) is 14.2 Å². The Bertz CT molecular complexity index is 661. The average Bonchev–Trinajstić information content (AvgIpc) is 3.28. The van der Waals surface area contributed by atoms with Crippen molar-refractivity contribution < 1.29 is 19.1 Å². The van der Waals surface area contributed by atoms with Crippen molar-refractivity contribution >= 4 is 23.2 Å². The van der Waals surface area contributed by atoms with Crippen LogP contribution >= 0.6 is 11.6 Å². The number of ether oxygens (including phenoxy) is 2. The monoisotopic (exact) mass is 293 g/mol. The zero-order chi connectivity index (χ0) is 14.4.